The van der Waals surface area contributed by atoms with E-state index < -0.39 is 0 Å². The van der Waals surface area contributed by atoms with Gasteiger partial charge in [0.15, 0.2) is 0 Å². The predicted molar refractivity (Wildman–Crippen MR) is 154 cm³/mol. The van der Waals surface area contributed by atoms with Gasteiger partial charge >= 0.3 is 6.03 Å². The SMILES string of the molecule is O=C(N/C=C1\CCCN(Cc2csc3ccccc23)CC1)N1CCc2[nH]nc(-c3ccc4nccn4c3)c2C1. The number of nitrogens with one attached hydrogen (secondary N) is 2. The summed E-state index contributed by atoms with van der Waals surface area (Å²) in [5, 5.41) is 14.6. The van der Waals surface area contributed by atoms with Gasteiger partial charge in [-0.3, -0.25) is 10.00 Å². The Morgan fingerprint density at radius 1 is 1.10 bits per heavy atom. The number of rotatable bonds is 4. The minimum Gasteiger partial charge on any atom is -0.320 e. The molecule has 1 fully saturated rings. The molecule has 9 heteroatoms. The molecule has 0 spiro atoms. The monoisotopic (exact) mass is 537 g/mol. The molecule has 2 N–H and O–H groups in total. The van der Waals surface area contributed by atoms with Crippen LogP contribution in [0.15, 0.2) is 72.1 Å². The Morgan fingerprint density at radius 2 is 2.05 bits per heavy atom. The number of H-pyrrole nitrogens is 1. The van der Waals surface area contributed by atoms with Crippen molar-refractivity contribution in [3.05, 3.63) is 89.0 Å². The summed E-state index contributed by atoms with van der Waals surface area (Å²) in [5.74, 6) is 0. The van der Waals surface area contributed by atoms with E-state index in [1.54, 1.807) is 6.20 Å². The number of hydrogen-bond donors (Lipinski definition) is 2. The van der Waals surface area contributed by atoms with Crippen molar-refractivity contribution < 1.29 is 4.79 Å². The van der Waals surface area contributed by atoms with Crippen LogP contribution in [0.5, 0.6) is 0 Å². The summed E-state index contributed by atoms with van der Waals surface area (Å²) in [5.41, 5.74) is 7.76. The van der Waals surface area contributed by atoms with E-state index in [0.29, 0.717) is 13.1 Å². The van der Waals surface area contributed by atoms with Crippen LogP contribution in [0.3, 0.4) is 0 Å². The first-order valence-electron chi connectivity index (χ1n) is 13.6. The highest BCUT2D eigenvalue weighted by atomic mass is 32.1. The predicted octanol–water partition coefficient (Wildman–Crippen LogP) is 5.58. The van der Waals surface area contributed by atoms with Crippen molar-refractivity contribution >= 4 is 33.1 Å². The average Bonchev–Trinajstić information content (AvgIpc) is 3.67. The van der Waals surface area contributed by atoms with Crippen molar-refractivity contribution in [1.82, 2.24) is 34.7 Å². The fourth-order valence-electron chi connectivity index (χ4n) is 5.79. The average molecular weight is 538 g/mol. The first-order chi connectivity index (χ1) is 19.2. The normalized spacial score (nSPS) is 17.5. The molecule has 0 saturated carbocycles. The number of aromatic amines is 1. The third kappa shape index (κ3) is 4.84. The molecule has 1 saturated heterocycles. The van der Waals surface area contributed by atoms with E-state index in [4.69, 9.17) is 0 Å². The van der Waals surface area contributed by atoms with Crippen LogP contribution in [0.2, 0.25) is 0 Å². The summed E-state index contributed by atoms with van der Waals surface area (Å²) in [6.45, 7) is 4.30. The van der Waals surface area contributed by atoms with Crippen LogP contribution in [0.1, 0.15) is 36.1 Å². The summed E-state index contributed by atoms with van der Waals surface area (Å²) in [6, 6.07) is 12.7. The Balaban J connectivity index is 0.982. The fraction of sp³-hybridized carbons (Fsp3) is 0.300. The molecule has 2 aliphatic rings. The van der Waals surface area contributed by atoms with Crippen LogP contribution in [0.25, 0.3) is 27.0 Å². The van der Waals surface area contributed by atoms with Gasteiger partial charge in [0.25, 0.3) is 0 Å². The Hall–Kier alpha value is -3.95. The first-order valence-corrected chi connectivity index (χ1v) is 14.5. The minimum absolute atomic E-state index is 0.0452. The zero-order chi connectivity index (χ0) is 26.2. The summed E-state index contributed by atoms with van der Waals surface area (Å²) in [6.07, 6.45) is 11.6. The number of carbonyl (C=O) groups is 1. The number of nitrogens with zero attached hydrogens (tertiary/aromatic N) is 5. The largest absolute Gasteiger partial charge is 0.321 e. The van der Waals surface area contributed by atoms with Gasteiger partial charge in [-0.2, -0.15) is 5.10 Å². The Bertz CT molecular complexity index is 1680. The third-order valence-corrected chi connectivity index (χ3v) is 8.97. The molecule has 4 aromatic heterocycles. The van der Waals surface area contributed by atoms with Crippen molar-refractivity contribution in [2.45, 2.75) is 38.8 Å². The number of likely N-dealkylation sites (tertiary alicyclic amines) is 1. The standard InChI is InChI=1S/C30H31N7OS/c38-30(32-16-21-4-3-12-35(13-9-21)17-23-20-39-27-6-2-1-5-24(23)27)37-14-10-26-25(19-37)29(34-33-26)22-7-8-28-31-11-15-36(28)18-22/h1-2,5-8,11,15-16,18,20H,3-4,9-10,12-14,17,19H2,(H,32,38)(H,33,34)/b21-16+. The lowest BCUT2D eigenvalue weighted by Gasteiger charge is -2.27. The topological polar surface area (TPSA) is 81.6 Å². The number of fused-ring (bicyclic) bond motifs is 3. The molecule has 0 radical (unpaired) electrons. The summed E-state index contributed by atoms with van der Waals surface area (Å²) in [4.78, 5) is 21.9. The molecule has 5 aromatic rings. The zero-order valence-electron chi connectivity index (χ0n) is 21.8. The van der Waals surface area contributed by atoms with Crippen LogP contribution in [-0.2, 0) is 19.5 Å². The molecule has 0 bridgehead atoms. The molecule has 0 unspecified atom stereocenters. The zero-order valence-corrected chi connectivity index (χ0v) is 22.6. The van der Waals surface area contributed by atoms with Gasteiger partial charge in [0.1, 0.15) is 5.65 Å². The number of hydrogen-bond acceptors (Lipinski definition) is 5. The van der Waals surface area contributed by atoms with Crippen molar-refractivity contribution in [3.8, 4) is 11.3 Å². The number of carbonyl (C=O) groups excluding carboxylic acids is 1. The summed E-state index contributed by atoms with van der Waals surface area (Å²) in [7, 11) is 0. The van der Waals surface area contributed by atoms with Crippen LogP contribution < -0.4 is 5.32 Å². The number of aromatic nitrogens is 4. The van der Waals surface area contributed by atoms with Gasteiger partial charge in [-0.05, 0) is 60.3 Å². The second-order valence-corrected chi connectivity index (χ2v) is 11.4. The Morgan fingerprint density at radius 3 is 3.03 bits per heavy atom. The Kier molecular flexibility index (Phi) is 6.38. The van der Waals surface area contributed by atoms with Crippen molar-refractivity contribution in [1.29, 1.82) is 0 Å². The molecule has 198 valence electrons. The van der Waals surface area contributed by atoms with Crippen molar-refractivity contribution in [3.63, 3.8) is 0 Å². The maximum absolute atomic E-state index is 13.2. The highest BCUT2D eigenvalue weighted by Gasteiger charge is 2.26. The van der Waals surface area contributed by atoms with Gasteiger partial charge in [-0.15, -0.1) is 11.3 Å². The molecule has 2 amide bonds. The summed E-state index contributed by atoms with van der Waals surface area (Å²) >= 11 is 1.83. The number of imidazole rings is 1. The lowest BCUT2D eigenvalue weighted by molar-refractivity contribution is 0.196. The highest BCUT2D eigenvalue weighted by molar-refractivity contribution is 7.17. The molecule has 2 aliphatic heterocycles. The van der Waals surface area contributed by atoms with E-state index in [1.807, 2.05) is 51.4 Å². The lowest BCUT2D eigenvalue weighted by Crippen LogP contribution is -2.41. The van der Waals surface area contributed by atoms with Crippen LogP contribution in [-0.4, -0.2) is 55.0 Å². The van der Waals surface area contributed by atoms with E-state index in [1.165, 1.54) is 21.2 Å². The van der Waals surface area contributed by atoms with Crippen LogP contribution >= 0.6 is 11.3 Å². The van der Waals surface area contributed by atoms with Crippen molar-refractivity contribution in [2.75, 3.05) is 19.6 Å². The van der Waals surface area contributed by atoms with E-state index in [-0.39, 0.29) is 6.03 Å². The van der Waals surface area contributed by atoms with E-state index >= 15 is 0 Å². The fourth-order valence-corrected chi connectivity index (χ4v) is 6.74. The van der Waals surface area contributed by atoms with Gasteiger partial charge in [0, 0.05) is 72.4 Å². The molecule has 7 rings (SSSR count). The molecule has 8 nitrogen and oxygen atoms in total. The number of pyridine rings is 1. The molecular formula is C30H31N7OS. The van der Waals surface area contributed by atoms with E-state index in [9.17, 15) is 4.79 Å². The van der Waals surface area contributed by atoms with Gasteiger partial charge < -0.3 is 14.6 Å². The summed E-state index contributed by atoms with van der Waals surface area (Å²) < 4.78 is 3.35. The van der Waals surface area contributed by atoms with E-state index in [2.05, 4.69) is 55.0 Å². The highest BCUT2D eigenvalue weighted by Crippen LogP contribution is 2.30. The molecule has 39 heavy (non-hydrogen) atoms. The molecule has 1 aromatic carbocycles. The Labute approximate surface area is 231 Å². The first kappa shape index (κ1) is 24.1. The molecule has 6 heterocycles. The second-order valence-electron chi connectivity index (χ2n) is 10.5. The van der Waals surface area contributed by atoms with Crippen LogP contribution in [0, 0.1) is 0 Å². The number of amides is 2. The number of benzene rings is 1. The maximum Gasteiger partial charge on any atom is 0.321 e. The molecule has 0 aliphatic carbocycles. The van der Waals surface area contributed by atoms with Gasteiger partial charge in [0.05, 0.1) is 12.2 Å². The second kappa shape index (κ2) is 10.3. The van der Waals surface area contributed by atoms with E-state index in [0.717, 1.165) is 73.5 Å². The third-order valence-electron chi connectivity index (χ3n) is 7.96. The molecular weight excluding hydrogens is 506 g/mol. The lowest BCUT2D eigenvalue weighted by atomic mass is 10.0. The van der Waals surface area contributed by atoms with Gasteiger partial charge in [-0.25, -0.2) is 9.78 Å². The maximum atomic E-state index is 13.2. The van der Waals surface area contributed by atoms with Gasteiger partial charge in [-0.1, -0.05) is 23.8 Å². The quantitative estimate of drug-likeness (QED) is 0.314. The van der Waals surface area contributed by atoms with Crippen LogP contribution in [0.4, 0.5) is 4.79 Å². The minimum atomic E-state index is -0.0452. The van der Waals surface area contributed by atoms with Gasteiger partial charge in [0.2, 0.25) is 0 Å². The number of urea groups is 1. The smallest absolute Gasteiger partial charge is 0.320 e. The molecule has 0 atom stereocenters. The van der Waals surface area contributed by atoms with Crippen molar-refractivity contribution in [2.24, 2.45) is 0 Å². The number of thiophene rings is 1.